The average Bonchev–Trinajstić information content (AvgIpc) is 3.34. The molecular formula is C62H104O6. The van der Waals surface area contributed by atoms with Crippen LogP contribution in [0.4, 0.5) is 0 Å². The number of hydrogen-bond donors (Lipinski definition) is 0. The Kier molecular flexibility index (Phi) is 52.9. The van der Waals surface area contributed by atoms with E-state index in [0.29, 0.717) is 19.3 Å². The summed E-state index contributed by atoms with van der Waals surface area (Å²) in [6.45, 7) is 6.43. The first-order valence-corrected chi connectivity index (χ1v) is 28.3. The zero-order valence-corrected chi connectivity index (χ0v) is 44.3. The molecule has 0 aromatic rings. The van der Waals surface area contributed by atoms with Gasteiger partial charge in [-0.25, -0.2) is 0 Å². The van der Waals surface area contributed by atoms with Crippen LogP contribution in [0.3, 0.4) is 0 Å². The van der Waals surface area contributed by atoms with Crippen molar-refractivity contribution in [2.24, 2.45) is 0 Å². The summed E-state index contributed by atoms with van der Waals surface area (Å²) in [6.07, 6.45) is 74.0. The number of carbonyl (C=O) groups is 3. The van der Waals surface area contributed by atoms with Crippen LogP contribution in [0.25, 0.3) is 0 Å². The van der Waals surface area contributed by atoms with Crippen molar-refractivity contribution in [3.63, 3.8) is 0 Å². The van der Waals surface area contributed by atoms with Crippen molar-refractivity contribution in [2.75, 3.05) is 13.2 Å². The van der Waals surface area contributed by atoms with Crippen LogP contribution in [-0.2, 0) is 28.6 Å². The molecule has 0 spiro atoms. The van der Waals surface area contributed by atoms with Gasteiger partial charge in [0.2, 0.25) is 0 Å². The number of rotatable bonds is 50. The summed E-state index contributed by atoms with van der Waals surface area (Å²) in [6, 6.07) is 0. The van der Waals surface area contributed by atoms with Gasteiger partial charge in [0.15, 0.2) is 6.10 Å². The van der Waals surface area contributed by atoms with Gasteiger partial charge in [0.25, 0.3) is 0 Å². The van der Waals surface area contributed by atoms with Gasteiger partial charge >= 0.3 is 17.9 Å². The van der Waals surface area contributed by atoms with Gasteiger partial charge in [-0.15, -0.1) is 0 Å². The molecule has 388 valence electrons. The Bertz CT molecular complexity index is 1360. The molecular weight excluding hydrogens is 841 g/mol. The fraction of sp³-hybridized carbons (Fsp3) is 0.694. The van der Waals surface area contributed by atoms with Crippen LogP contribution in [0.1, 0.15) is 258 Å². The zero-order chi connectivity index (χ0) is 49.3. The summed E-state index contributed by atoms with van der Waals surface area (Å²) in [5.41, 5.74) is 0. The number of unbranched alkanes of at least 4 members (excludes halogenated alkanes) is 24. The summed E-state index contributed by atoms with van der Waals surface area (Å²) < 4.78 is 16.8. The lowest BCUT2D eigenvalue weighted by molar-refractivity contribution is -0.166. The number of carbonyl (C=O) groups excluding carboxylic acids is 3. The van der Waals surface area contributed by atoms with Gasteiger partial charge < -0.3 is 14.2 Å². The van der Waals surface area contributed by atoms with E-state index in [-0.39, 0.29) is 37.5 Å². The van der Waals surface area contributed by atoms with E-state index in [0.717, 1.165) is 77.0 Å². The van der Waals surface area contributed by atoms with Gasteiger partial charge in [0, 0.05) is 19.3 Å². The first-order valence-electron chi connectivity index (χ1n) is 28.3. The number of esters is 3. The lowest BCUT2D eigenvalue weighted by atomic mass is 10.0. The van der Waals surface area contributed by atoms with Crippen LogP contribution in [0, 0.1) is 0 Å². The number of hydrogen-bond acceptors (Lipinski definition) is 6. The molecule has 0 heterocycles. The summed E-state index contributed by atoms with van der Waals surface area (Å²) in [5.74, 6) is -0.989. The highest BCUT2D eigenvalue weighted by Crippen LogP contribution is 2.15. The van der Waals surface area contributed by atoms with E-state index < -0.39 is 6.10 Å². The van der Waals surface area contributed by atoms with E-state index in [2.05, 4.69) is 112 Å². The smallest absolute Gasteiger partial charge is 0.306 e. The van der Waals surface area contributed by atoms with Crippen molar-refractivity contribution in [3.8, 4) is 0 Å². The highest BCUT2D eigenvalue weighted by atomic mass is 16.6. The highest BCUT2D eigenvalue weighted by molar-refractivity contribution is 5.71. The normalized spacial score (nSPS) is 12.8. The number of ether oxygens (including phenoxy) is 3. The van der Waals surface area contributed by atoms with Crippen LogP contribution in [0.15, 0.2) is 97.2 Å². The monoisotopic (exact) mass is 945 g/mol. The first kappa shape index (κ1) is 64.3. The molecule has 0 amide bonds. The lowest BCUT2D eigenvalue weighted by Gasteiger charge is -2.18. The third-order valence-corrected chi connectivity index (χ3v) is 11.9. The van der Waals surface area contributed by atoms with Gasteiger partial charge in [0.1, 0.15) is 13.2 Å². The largest absolute Gasteiger partial charge is 0.462 e. The van der Waals surface area contributed by atoms with Crippen molar-refractivity contribution in [1.82, 2.24) is 0 Å². The molecule has 0 fully saturated rings. The molecule has 0 aromatic carbocycles. The van der Waals surface area contributed by atoms with E-state index in [1.54, 1.807) is 0 Å². The third-order valence-electron chi connectivity index (χ3n) is 11.9. The summed E-state index contributed by atoms with van der Waals surface area (Å²) in [4.78, 5) is 38.1. The standard InChI is InChI=1S/C62H104O6/c1-4-7-10-13-16-19-22-25-27-29-31-33-35-37-40-43-46-49-52-55-61(64)67-58-59(57-66-60(63)54-51-48-45-42-39-24-21-18-15-12-9-6-3)68-62(65)56-53-50-47-44-41-38-36-34-32-30-28-26-23-20-17-14-11-8-5-2/h7,10,16-17,19-20,23,25-27,31,33,37,40,46,49,59H,4-6,8-9,11-15,18,21-22,24,28-30,32,34-36,38-39,41-45,47-48,50-58H2,1-3H3/b10-7-,19-16-,20-17-,26-23-,27-25-,33-31-,40-37-,49-46-. The van der Waals surface area contributed by atoms with Crippen LogP contribution >= 0.6 is 0 Å². The van der Waals surface area contributed by atoms with Crippen molar-refractivity contribution in [2.45, 2.75) is 264 Å². The molecule has 0 radical (unpaired) electrons. The molecule has 0 saturated heterocycles. The van der Waals surface area contributed by atoms with Gasteiger partial charge in [-0.05, 0) is 83.5 Å². The van der Waals surface area contributed by atoms with Gasteiger partial charge in [-0.1, -0.05) is 253 Å². The molecule has 0 aliphatic heterocycles. The fourth-order valence-electron chi connectivity index (χ4n) is 7.64. The summed E-state index contributed by atoms with van der Waals surface area (Å²) in [7, 11) is 0. The van der Waals surface area contributed by atoms with Crippen molar-refractivity contribution in [3.05, 3.63) is 97.2 Å². The third kappa shape index (κ3) is 53.3. The minimum atomic E-state index is -0.809. The maximum absolute atomic E-state index is 12.8. The topological polar surface area (TPSA) is 78.9 Å². The molecule has 0 N–H and O–H groups in total. The van der Waals surface area contributed by atoms with Crippen molar-refractivity contribution in [1.29, 1.82) is 0 Å². The van der Waals surface area contributed by atoms with Crippen LogP contribution in [0.5, 0.6) is 0 Å². The minimum absolute atomic E-state index is 0.101. The molecule has 0 aliphatic rings. The van der Waals surface area contributed by atoms with Gasteiger partial charge in [0.05, 0.1) is 0 Å². The second-order valence-electron chi connectivity index (χ2n) is 18.5. The van der Waals surface area contributed by atoms with Crippen molar-refractivity contribution >= 4 is 17.9 Å². The Morgan fingerprint density at radius 1 is 0.324 bits per heavy atom. The van der Waals surface area contributed by atoms with Gasteiger partial charge in [-0.3, -0.25) is 14.4 Å². The number of allylic oxidation sites excluding steroid dienone is 16. The Balaban J connectivity index is 4.47. The average molecular weight is 946 g/mol. The molecule has 0 saturated carbocycles. The molecule has 6 heteroatoms. The van der Waals surface area contributed by atoms with Gasteiger partial charge in [-0.2, -0.15) is 0 Å². The SMILES string of the molecule is CC/C=C\C/C=C\C/C=C\C/C=C\C/C=C\C/C=C\CCC(=O)OCC(COC(=O)CCCCCCCCCCCCCC)OC(=O)CCCCCCCCCCCC/C=C\C=C/CCCCC. The van der Waals surface area contributed by atoms with E-state index in [1.807, 2.05) is 6.08 Å². The fourth-order valence-corrected chi connectivity index (χ4v) is 7.64. The Labute approximate surface area is 419 Å². The second-order valence-corrected chi connectivity index (χ2v) is 18.5. The quantitative estimate of drug-likeness (QED) is 0.0199. The van der Waals surface area contributed by atoms with E-state index in [1.165, 1.54) is 135 Å². The van der Waals surface area contributed by atoms with Crippen LogP contribution in [0.2, 0.25) is 0 Å². The first-order chi connectivity index (χ1) is 33.5. The summed E-state index contributed by atoms with van der Waals surface area (Å²) >= 11 is 0. The van der Waals surface area contributed by atoms with Crippen molar-refractivity contribution < 1.29 is 28.6 Å². The minimum Gasteiger partial charge on any atom is -0.462 e. The zero-order valence-electron chi connectivity index (χ0n) is 44.3. The molecule has 1 atom stereocenters. The second kappa shape index (κ2) is 55.9. The Hall–Kier alpha value is -3.67. The highest BCUT2D eigenvalue weighted by Gasteiger charge is 2.19. The molecule has 0 aliphatic carbocycles. The van der Waals surface area contributed by atoms with Crippen LogP contribution in [-0.4, -0.2) is 37.2 Å². The predicted molar refractivity (Wildman–Crippen MR) is 293 cm³/mol. The maximum Gasteiger partial charge on any atom is 0.306 e. The predicted octanol–water partition coefficient (Wildman–Crippen LogP) is 18.9. The molecule has 68 heavy (non-hydrogen) atoms. The lowest BCUT2D eigenvalue weighted by Crippen LogP contribution is -2.30. The molecule has 0 aromatic heterocycles. The van der Waals surface area contributed by atoms with E-state index in [4.69, 9.17) is 14.2 Å². The molecule has 0 rings (SSSR count). The van der Waals surface area contributed by atoms with E-state index >= 15 is 0 Å². The molecule has 1 unspecified atom stereocenters. The summed E-state index contributed by atoms with van der Waals surface area (Å²) in [5, 5.41) is 0. The van der Waals surface area contributed by atoms with E-state index in [9.17, 15) is 14.4 Å². The Morgan fingerprint density at radius 2 is 0.647 bits per heavy atom. The maximum atomic E-state index is 12.8. The Morgan fingerprint density at radius 3 is 1.07 bits per heavy atom. The van der Waals surface area contributed by atoms with Crippen LogP contribution < -0.4 is 0 Å². The molecule has 0 bridgehead atoms. The molecule has 6 nitrogen and oxygen atoms in total.